The number of ether oxygens (including phenoxy) is 2. The van der Waals surface area contributed by atoms with E-state index in [1.807, 2.05) is 6.07 Å². The third kappa shape index (κ3) is 5.50. The number of nitrogens with zero attached hydrogens (tertiary/aromatic N) is 1. The second kappa shape index (κ2) is 10.8. The number of morpholine rings is 1. The van der Waals surface area contributed by atoms with Crippen LogP contribution in [0.1, 0.15) is 65.7 Å². The largest absolute Gasteiger partial charge is 0.491 e. The summed E-state index contributed by atoms with van der Waals surface area (Å²) in [5, 5.41) is 6.08. The van der Waals surface area contributed by atoms with Gasteiger partial charge in [0.05, 0.1) is 19.3 Å². The lowest BCUT2D eigenvalue weighted by molar-refractivity contribution is -0.119. The van der Waals surface area contributed by atoms with Gasteiger partial charge in [0.2, 0.25) is 5.91 Å². The van der Waals surface area contributed by atoms with Gasteiger partial charge < -0.3 is 20.1 Å². The van der Waals surface area contributed by atoms with Crippen molar-refractivity contribution in [1.82, 2.24) is 15.5 Å². The summed E-state index contributed by atoms with van der Waals surface area (Å²) >= 11 is 0. The van der Waals surface area contributed by atoms with Crippen molar-refractivity contribution in [1.29, 1.82) is 0 Å². The highest BCUT2D eigenvalue weighted by molar-refractivity contribution is 5.94. The molecule has 4 atom stereocenters. The highest BCUT2D eigenvalue weighted by atomic mass is 19.1. The molecule has 2 aromatic carbocycles. The molecule has 3 saturated heterocycles. The summed E-state index contributed by atoms with van der Waals surface area (Å²) in [7, 11) is 0. The summed E-state index contributed by atoms with van der Waals surface area (Å²) in [6, 6.07) is 10.7. The zero-order chi connectivity index (χ0) is 26.1. The number of halogens is 1. The van der Waals surface area contributed by atoms with Gasteiger partial charge in [-0.2, -0.15) is 0 Å². The lowest BCUT2D eigenvalue weighted by Gasteiger charge is -2.51. The van der Waals surface area contributed by atoms with Crippen molar-refractivity contribution in [2.24, 2.45) is 0 Å². The van der Waals surface area contributed by atoms with E-state index in [0.717, 1.165) is 30.6 Å². The number of benzene rings is 2. The van der Waals surface area contributed by atoms with E-state index in [-0.39, 0.29) is 42.0 Å². The minimum Gasteiger partial charge on any atom is -0.491 e. The highest BCUT2D eigenvalue weighted by Gasteiger charge is 2.42. The molecule has 0 aliphatic carbocycles. The first kappa shape index (κ1) is 25.7. The number of carbonyl (C=O) groups excluding carboxylic acids is 2. The van der Waals surface area contributed by atoms with Gasteiger partial charge in [0, 0.05) is 36.2 Å². The van der Waals surface area contributed by atoms with Crippen LogP contribution in [-0.4, -0.2) is 60.7 Å². The predicted octanol–water partition coefficient (Wildman–Crippen LogP) is 3.82. The maximum Gasteiger partial charge on any atom is 0.251 e. The Bertz CT molecular complexity index is 1160. The molecule has 0 aromatic heterocycles. The number of carbonyl (C=O) groups is 2. The average Bonchev–Trinajstić information content (AvgIpc) is 3.29. The van der Waals surface area contributed by atoms with Gasteiger partial charge in [0.1, 0.15) is 18.2 Å². The number of fused-ring (bicyclic) bond motifs is 2. The summed E-state index contributed by atoms with van der Waals surface area (Å²) in [6.07, 6.45) is 2.96. The zero-order valence-corrected chi connectivity index (χ0v) is 21.8. The van der Waals surface area contributed by atoms with Gasteiger partial charge in [0.15, 0.2) is 0 Å². The van der Waals surface area contributed by atoms with E-state index < -0.39 is 5.82 Å². The molecule has 37 heavy (non-hydrogen) atoms. The number of nitrogens with one attached hydrogen (secondary N) is 2. The van der Waals surface area contributed by atoms with Crippen LogP contribution in [0.15, 0.2) is 36.4 Å². The van der Waals surface area contributed by atoms with Crippen LogP contribution in [0, 0.1) is 19.7 Å². The SMILES string of the molecule is Cc1c(OC[C@H]2CCC(=O)N2)ccc(C(C)N2C3COCC2CC(NC(=O)c2cccc(F)c2)C3)c1C. The highest BCUT2D eigenvalue weighted by Crippen LogP contribution is 2.38. The first-order valence-electron chi connectivity index (χ1n) is 13.2. The second-order valence-corrected chi connectivity index (χ2v) is 10.6. The predicted molar refractivity (Wildman–Crippen MR) is 138 cm³/mol. The maximum atomic E-state index is 13.6. The van der Waals surface area contributed by atoms with E-state index in [1.165, 1.54) is 23.3 Å². The molecule has 0 radical (unpaired) electrons. The second-order valence-electron chi connectivity index (χ2n) is 10.6. The van der Waals surface area contributed by atoms with Crippen molar-refractivity contribution in [2.45, 2.75) is 76.7 Å². The molecule has 2 N–H and O–H groups in total. The Kier molecular flexibility index (Phi) is 7.49. The molecule has 0 saturated carbocycles. The summed E-state index contributed by atoms with van der Waals surface area (Å²) in [6.45, 7) is 8.21. The third-order valence-corrected chi connectivity index (χ3v) is 8.20. The number of hydrogen-bond donors (Lipinski definition) is 2. The molecule has 3 heterocycles. The Morgan fingerprint density at radius 3 is 2.62 bits per heavy atom. The molecule has 3 aliphatic rings. The molecular formula is C29H36FN3O4. The lowest BCUT2D eigenvalue weighted by Crippen LogP contribution is -2.61. The number of rotatable bonds is 7. The molecular weight excluding hydrogens is 473 g/mol. The van der Waals surface area contributed by atoms with Crippen LogP contribution in [0.2, 0.25) is 0 Å². The van der Waals surface area contributed by atoms with Gasteiger partial charge in [-0.25, -0.2) is 4.39 Å². The minimum absolute atomic E-state index is 0.0211. The van der Waals surface area contributed by atoms with Crippen molar-refractivity contribution < 1.29 is 23.5 Å². The summed E-state index contributed by atoms with van der Waals surface area (Å²) in [5.41, 5.74) is 3.94. The van der Waals surface area contributed by atoms with Crippen LogP contribution in [0.3, 0.4) is 0 Å². The fraction of sp³-hybridized carbons (Fsp3) is 0.517. The quantitative estimate of drug-likeness (QED) is 0.593. The third-order valence-electron chi connectivity index (χ3n) is 8.20. The van der Waals surface area contributed by atoms with E-state index >= 15 is 0 Å². The molecule has 0 spiro atoms. The van der Waals surface area contributed by atoms with Crippen LogP contribution in [0.25, 0.3) is 0 Å². The first-order valence-corrected chi connectivity index (χ1v) is 13.2. The molecule has 7 nitrogen and oxygen atoms in total. The number of amides is 2. The molecule has 8 heteroatoms. The van der Waals surface area contributed by atoms with Crippen molar-refractivity contribution >= 4 is 11.8 Å². The molecule has 3 fully saturated rings. The van der Waals surface area contributed by atoms with Crippen LogP contribution in [-0.2, 0) is 9.53 Å². The smallest absolute Gasteiger partial charge is 0.251 e. The molecule has 2 amide bonds. The van der Waals surface area contributed by atoms with E-state index in [0.29, 0.717) is 31.8 Å². The fourth-order valence-electron chi connectivity index (χ4n) is 6.17. The zero-order valence-electron chi connectivity index (χ0n) is 21.8. The molecule has 3 aliphatic heterocycles. The maximum absolute atomic E-state index is 13.6. The summed E-state index contributed by atoms with van der Waals surface area (Å²) in [4.78, 5) is 26.8. The van der Waals surface area contributed by atoms with E-state index in [4.69, 9.17) is 9.47 Å². The molecule has 3 unspecified atom stereocenters. The van der Waals surface area contributed by atoms with Gasteiger partial charge in [-0.05, 0) is 81.0 Å². The van der Waals surface area contributed by atoms with Crippen molar-refractivity contribution in [2.75, 3.05) is 19.8 Å². The Balaban J connectivity index is 1.26. The number of piperidine rings is 1. The lowest BCUT2D eigenvalue weighted by atomic mass is 9.86. The van der Waals surface area contributed by atoms with Crippen molar-refractivity contribution in [3.63, 3.8) is 0 Å². The van der Waals surface area contributed by atoms with E-state index in [9.17, 15) is 14.0 Å². The van der Waals surface area contributed by atoms with E-state index in [2.05, 4.69) is 42.4 Å². The average molecular weight is 510 g/mol. The van der Waals surface area contributed by atoms with Crippen LogP contribution < -0.4 is 15.4 Å². The molecule has 198 valence electrons. The van der Waals surface area contributed by atoms with Crippen molar-refractivity contribution in [3.05, 3.63) is 64.5 Å². The topological polar surface area (TPSA) is 79.9 Å². The van der Waals surface area contributed by atoms with Crippen LogP contribution in [0.4, 0.5) is 4.39 Å². The van der Waals surface area contributed by atoms with Crippen molar-refractivity contribution in [3.8, 4) is 5.75 Å². The Hall–Kier alpha value is -2.97. The van der Waals surface area contributed by atoms with Gasteiger partial charge in [-0.1, -0.05) is 12.1 Å². The van der Waals surface area contributed by atoms with Gasteiger partial charge in [0.25, 0.3) is 5.91 Å². The first-order chi connectivity index (χ1) is 17.8. The Morgan fingerprint density at radius 1 is 1.19 bits per heavy atom. The van der Waals surface area contributed by atoms with Gasteiger partial charge in [-0.3, -0.25) is 14.5 Å². The molecule has 2 bridgehead atoms. The standard InChI is InChI=1S/C29H36FN3O4/c1-17-18(2)27(37-14-22-7-10-28(34)31-22)9-8-26(17)19(3)33-24-12-23(13-25(33)16-36-15-24)32-29(35)20-5-4-6-21(30)11-20/h4-6,8-9,11,19,22-25H,7,10,12-16H2,1-3H3,(H,31,34)(H,32,35)/t19?,22-,23?,24?,25?/m1/s1. The normalized spacial score (nSPS) is 26.4. The van der Waals surface area contributed by atoms with Crippen LogP contribution in [0.5, 0.6) is 5.75 Å². The summed E-state index contributed by atoms with van der Waals surface area (Å²) in [5.74, 6) is 0.313. The Labute approximate surface area is 217 Å². The van der Waals surface area contributed by atoms with Gasteiger partial charge >= 0.3 is 0 Å². The Morgan fingerprint density at radius 2 is 1.95 bits per heavy atom. The molecule has 2 aromatic rings. The molecule has 5 rings (SSSR count). The fourth-order valence-corrected chi connectivity index (χ4v) is 6.17. The number of hydrogen-bond acceptors (Lipinski definition) is 5. The van der Waals surface area contributed by atoms with E-state index in [1.54, 1.807) is 12.1 Å². The summed E-state index contributed by atoms with van der Waals surface area (Å²) < 4.78 is 25.6. The van der Waals surface area contributed by atoms with Crippen LogP contribution >= 0.6 is 0 Å². The van der Waals surface area contributed by atoms with Gasteiger partial charge in [-0.15, -0.1) is 0 Å². The monoisotopic (exact) mass is 509 g/mol. The minimum atomic E-state index is -0.408.